The van der Waals surface area contributed by atoms with E-state index < -0.39 is 17.5 Å². The third-order valence-corrected chi connectivity index (χ3v) is 7.93. The lowest BCUT2D eigenvalue weighted by Gasteiger charge is -2.49. The monoisotopic (exact) mass is 488 g/mol. The summed E-state index contributed by atoms with van der Waals surface area (Å²) < 4.78 is 41.0. The summed E-state index contributed by atoms with van der Waals surface area (Å²) >= 11 is 0. The quantitative estimate of drug-likeness (QED) is 0.531. The molecule has 7 nitrogen and oxygen atoms in total. The number of rotatable bonds is 9. The van der Waals surface area contributed by atoms with Crippen molar-refractivity contribution >= 4 is 17.6 Å². The molecule has 2 atom stereocenters. The number of anilines is 2. The Morgan fingerprint density at radius 3 is 2.37 bits per heavy atom. The van der Waals surface area contributed by atoms with Crippen molar-refractivity contribution in [2.45, 2.75) is 58.6 Å². The van der Waals surface area contributed by atoms with Crippen molar-refractivity contribution < 1.29 is 22.7 Å². The molecule has 1 amide bonds. The van der Waals surface area contributed by atoms with Crippen LogP contribution in [0.15, 0.2) is 16.5 Å². The number of nitrogens with one attached hydrogen (secondary N) is 1. The van der Waals surface area contributed by atoms with Crippen LogP contribution in [0.1, 0.15) is 62.2 Å². The fourth-order valence-corrected chi connectivity index (χ4v) is 5.50. The molecule has 1 N–H and O–H groups in total. The number of carbonyl (C=O) groups excluding carboxylic acids is 1. The van der Waals surface area contributed by atoms with E-state index in [0.717, 1.165) is 50.9 Å². The summed E-state index contributed by atoms with van der Waals surface area (Å²) in [6, 6.07) is 2.58. The zero-order valence-electron chi connectivity index (χ0n) is 20.9. The van der Waals surface area contributed by atoms with E-state index in [-0.39, 0.29) is 28.6 Å². The molecule has 5 rings (SSSR count). The van der Waals surface area contributed by atoms with Gasteiger partial charge in [-0.15, -0.1) is 0 Å². The van der Waals surface area contributed by atoms with Gasteiger partial charge in [0.05, 0.1) is 12.6 Å². The first-order valence-corrected chi connectivity index (χ1v) is 12.6. The molecule has 2 aliphatic carbocycles. The van der Waals surface area contributed by atoms with Gasteiger partial charge in [-0.3, -0.25) is 4.79 Å². The van der Waals surface area contributed by atoms with Crippen LogP contribution in [0.5, 0.6) is 5.75 Å². The Bertz CT molecular complexity index is 1070. The molecule has 2 heterocycles. The molecule has 2 unspecified atom stereocenters. The van der Waals surface area contributed by atoms with Crippen molar-refractivity contribution in [2.75, 3.05) is 37.4 Å². The molecular formula is C26H34F2N4O3. The Kier molecular flexibility index (Phi) is 6.23. The minimum Gasteiger partial charge on any atom is -0.484 e. The van der Waals surface area contributed by atoms with Crippen LogP contribution in [0.3, 0.4) is 0 Å². The van der Waals surface area contributed by atoms with E-state index >= 15 is 0 Å². The number of carbonyl (C=O) groups is 1. The number of benzene rings is 1. The second-order valence-corrected chi connectivity index (χ2v) is 10.8. The number of aromatic nitrogens is 1. The molecule has 0 spiro atoms. The molecule has 9 heteroatoms. The zero-order valence-corrected chi connectivity index (χ0v) is 20.9. The molecule has 0 radical (unpaired) electrons. The summed E-state index contributed by atoms with van der Waals surface area (Å²) in [5, 5.41) is 2.58. The maximum Gasteiger partial charge on any atom is 0.298 e. The molecule has 3 aliphatic rings. The first-order valence-electron chi connectivity index (χ1n) is 12.6. The van der Waals surface area contributed by atoms with E-state index in [1.807, 2.05) is 23.9 Å². The van der Waals surface area contributed by atoms with E-state index in [4.69, 9.17) is 9.15 Å². The average Bonchev–Trinajstić information content (AvgIpc) is 3.18. The summed E-state index contributed by atoms with van der Waals surface area (Å²) in [5.74, 6) is -0.904. The predicted molar refractivity (Wildman–Crippen MR) is 129 cm³/mol. The number of nitrogens with zero attached hydrogens (tertiary/aromatic N) is 3. The lowest BCUT2D eigenvalue weighted by Crippen LogP contribution is -2.56. The molecule has 1 saturated heterocycles. The number of fused-ring (bicyclic) bond motifs is 1. The Morgan fingerprint density at radius 2 is 1.80 bits per heavy atom. The summed E-state index contributed by atoms with van der Waals surface area (Å²) in [6.45, 7) is 6.37. The average molecular weight is 489 g/mol. The van der Waals surface area contributed by atoms with Crippen LogP contribution in [-0.4, -0.2) is 49.1 Å². The van der Waals surface area contributed by atoms with Crippen LogP contribution in [0, 0.1) is 28.9 Å². The first-order chi connectivity index (χ1) is 16.7. The van der Waals surface area contributed by atoms with E-state index in [1.165, 1.54) is 6.42 Å². The van der Waals surface area contributed by atoms with Gasteiger partial charge in [-0.2, -0.15) is 4.98 Å². The van der Waals surface area contributed by atoms with Gasteiger partial charge in [0.2, 0.25) is 0 Å². The van der Waals surface area contributed by atoms with E-state index in [2.05, 4.69) is 24.1 Å². The number of ether oxygens (including phenoxy) is 1. The van der Waals surface area contributed by atoms with Crippen LogP contribution in [0.2, 0.25) is 0 Å². The summed E-state index contributed by atoms with van der Waals surface area (Å²) in [7, 11) is 3.73. The predicted octanol–water partition coefficient (Wildman–Crippen LogP) is 5.07. The van der Waals surface area contributed by atoms with E-state index in [0.29, 0.717) is 30.2 Å². The van der Waals surface area contributed by atoms with Crippen molar-refractivity contribution in [3.05, 3.63) is 35.2 Å². The number of oxazole rings is 1. The first kappa shape index (κ1) is 24.0. The Hall–Kier alpha value is -2.68. The van der Waals surface area contributed by atoms with Crippen LogP contribution >= 0.6 is 0 Å². The SMILES string of the molecule is CCC1(CC)CN(c2nc(C(=O)Nc3cc(F)c(OC4CC5CC5C4)c(F)c3)c(CN(C)C)o2)C1. The highest BCUT2D eigenvalue weighted by atomic mass is 19.1. The molecule has 3 fully saturated rings. The van der Waals surface area contributed by atoms with Gasteiger partial charge in [0.1, 0.15) is 0 Å². The van der Waals surface area contributed by atoms with Gasteiger partial charge in [-0.25, -0.2) is 8.78 Å². The lowest BCUT2D eigenvalue weighted by molar-refractivity contribution is 0.102. The van der Waals surface area contributed by atoms with Crippen molar-refractivity contribution in [1.29, 1.82) is 0 Å². The highest BCUT2D eigenvalue weighted by Gasteiger charge is 2.47. The summed E-state index contributed by atoms with van der Waals surface area (Å²) in [6.07, 6.45) is 4.88. The summed E-state index contributed by atoms with van der Waals surface area (Å²) in [4.78, 5) is 21.4. The molecule has 2 aromatic rings. The Morgan fingerprint density at radius 1 is 1.17 bits per heavy atom. The Labute approximate surface area is 204 Å². The third kappa shape index (κ3) is 4.75. The Balaban J connectivity index is 1.31. The van der Waals surface area contributed by atoms with Crippen LogP contribution < -0.4 is 15.0 Å². The summed E-state index contributed by atoms with van der Waals surface area (Å²) in [5.41, 5.74) is 0.369. The minimum atomic E-state index is -0.828. The largest absolute Gasteiger partial charge is 0.484 e. The standard InChI is InChI=1S/C26H34F2N4O3/c1-5-26(6-2)13-32(14-26)25-30-22(21(35-25)12-31(3)4)24(33)29-17-10-19(27)23(20(28)11-17)34-18-8-15-7-16(15)9-18/h10-11,15-16,18H,5-9,12-14H2,1-4H3,(H,29,33). The number of hydrogen-bond donors (Lipinski definition) is 1. The third-order valence-electron chi connectivity index (χ3n) is 7.93. The molecule has 35 heavy (non-hydrogen) atoms. The van der Waals surface area contributed by atoms with Gasteiger partial charge in [0.15, 0.2) is 28.8 Å². The number of halogens is 2. The number of hydrogen-bond acceptors (Lipinski definition) is 6. The maximum absolute atomic E-state index is 14.7. The van der Waals surface area contributed by atoms with Crippen LogP contribution in [-0.2, 0) is 6.54 Å². The second kappa shape index (κ2) is 9.08. The molecule has 1 aromatic carbocycles. The molecule has 190 valence electrons. The normalized spacial score (nSPS) is 24.3. The molecule has 1 aromatic heterocycles. The molecular weight excluding hydrogens is 454 g/mol. The van der Waals surface area contributed by atoms with Crippen molar-refractivity contribution in [3.63, 3.8) is 0 Å². The van der Waals surface area contributed by atoms with Crippen molar-refractivity contribution in [1.82, 2.24) is 9.88 Å². The zero-order chi connectivity index (χ0) is 24.9. The van der Waals surface area contributed by atoms with Crippen molar-refractivity contribution in [2.24, 2.45) is 17.3 Å². The van der Waals surface area contributed by atoms with Gasteiger partial charge >= 0.3 is 0 Å². The second-order valence-electron chi connectivity index (χ2n) is 10.8. The molecule has 0 bridgehead atoms. The lowest BCUT2D eigenvalue weighted by atomic mass is 9.75. The van der Waals surface area contributed by atoms with Crippen LogP contribution in [0.25, 0.3) is 0 Å². The highest BCUT2D eigenvalue weighted by molar-refractivity contribution is 6.03. The van der Waals surface area contributed by atoms with Crippen LogP contribution in [0.4, 0.5) is 20.5 Å². The molecule has 1 aliphatic heterocycles. The van der Waals surface area contributed by atoms with Gasteiger partial charge in [0, 0.05) is 36.3 Å². The van der Waals surface area contributed by atoms with E-state index in [1.54, 1.807) is 0 Å². The van der Waals surface area contributed by atoms with Gasteiger partial charge < -0.3 is 24.3 Å². The molecule has 2 saturated carbocycles. The fraction of sp³-hybridized carbons (Fsp3) is 0.615. The van der Waals surface area contributed by atoms with Gasteiger partial charge in [0.25, 0.3) is 11.9 Å². The topological polar surface area (TPSA) is 70.8 Å². The number of amides is 1. The van der Waals surface area contributed by atoms with Crippen molar-refractivity contribution in [3.8, 4) is 5.75 Å². The highest BCUT2D eigenvalue weighted by Crippen LogP contribution is 2.52. The van der Waals surface area contributed by atoms with E-state index in [9.17, 15) is 13.6 Å². The van der Waals surface area contributed by atoms with Gasteiger partial charge in [-0.05, 0) is 58.0 Å². The maximum atomic E-state index is 14.7. The fourth-order valence-electron chi connectivity index (χ4n) is 5.50. The minimum absolute atomic E-state index is 0.00639. The smallest absolute Gasteiger partial charge is 0.298 e. The van der Waals surface area contributed by atoms with Gasteiger partial charge in [-0.1, -0.05) is 13.8 Å².